The van der Waals surface area contributed by atoms with Gasteiger partial charge in [-0.2, -0.15) is 0 Å². The third kappa shape index (κ3) is 3.95. The molecule has 1 aromatic heterocycles. The zero-order valence-corrected chi connectivity index (χ0v) is 14.1. The summed E-state index contributed by atoms with van der Waals surface area (Å²) < 4.78 is 10.9. The average molecular weight is 357 g/mol. The van der Waals surface area contributed by atoms with Crippen molar-refractivity contribution in [2.24, 2.45) is 0 Å². The highest BCUT2D eigenvalue weighted by Crippen LogP contribution is 2.32. The monoisotopic (exact) mass is 357 g/mol. The molecule has 128 valence electrons. The molecule has 1 heterocycles. The van der Waals surface area contributed by atoms with Gasteiger partial charge in [0, 0.05) is 0 Å². The molecule has 0 saturated carbocycles. The highest BCUT2D eigenvalue weighted by atomic mass is 32.2. The van der Waals surface area contributed by atoms with Crippen molar-refractivity contribution in [3.05, 3.63) is 52.9 Å². The predicted octanol–water partition coefficient (Wildman–Crippen LogP) is 4.15. The van der Waals surface area contributed by atoms with Crippen LogP contribution < -0.4 is 4.74 Å². The van der Waals surface area contributed by atoms with Gasteiger partial charge in [0.1, 0.15) is 10.4 Å². The molecule has 3 rings (SSSR count). The highest BCUT2D eigenvalue weighted by Gasteiger charge is 2.15. The van der Waals surface area contributed by atoms with Gasteiger partial charge in [-0.1, -0.05) is 18.2 Å². The number of phenolic OH excluding ortho intramolecular Hbond substituents is 1. The van der Waals surface area contributed by atoms with E-state index in [1.54, 1.807) is 31.2 Å². The lowest BCUT2D eigenvalue weighted by Gasteiger charge is -2.07. The second-order valence-corrected chi connectivity index (χ2v) is 6.02. The Kier molecular flexibility index (Phi) is 4.95. The van der Waals surface area contributed by atoms with E-state index in [1.807, 2.05) is 12.1 Å². The van der Waals surface area contributed by atoms with E-state index < -0.39 is 5.97 Å². The minimum Gasteiger partial charge on any atom is -0.504 e. The molecule has 0 saturated heterocycles. The Balaban J connectivity index is 1.91. The molecule has 0 aliphatic carbocycles. The van der Waals surface area contributed by atoms with E-state index in [1.165, 1.54) is 12.1 Å². The van der Waals surface area contributed by atoms with E-state index in [4.69, 9.17) is 9.15 Å². The van der Waals surface area contributed by atoms with Crippen molar-refractivity contribution < 1.29 is 24.2 Å². The van der Waals surface area contributed by atoms with E-state index in [-0.39, 0.29) is 15.9 Å². The van der Waals surface area contributed by atoms with E-state index in [9.17, 15) is 15.0 Å². The summed E-state index contributed by atoms with van der Waals surface area (Å²) >= 11 is 0.921. The number of benzene rings is 2. The Hall–Kier alpha value is -2.93. The van der Waals surface area contributed by atoms with Crippen molar-refractivity contribution in [2.75, 3.05) is 6.61 Å². The summed E-state index contributed by atoms with van der Waals surface area (Å²) in [5.74, 6) is -0.798. The molecule has 3 aromatic rings. The number of thioether (sulfide) groups is 1. The molecule has 7 heteroatoms. The van der Waals surface area contributed by atoms with Crippen LogP contribution in [0.15, 0.2) is 57.0 Å². The molecule has 0 bridgehead atoms. The van der Waals surface area contributed by atoms with Crippen LogP contribution in [0.25, 0.3) is 17.2 Å². The summed E-state index contributed by atoms with van der Waals surface area (Å²) in [6.07, 6.45) is 1.48. The van der Waals surface area contributed by atoms with Gasteiger partial charge < -0.3 is 19.4 Å². The third-order valence-corrected chi connectivity index (χ3v) is 4.13. The number of ether oxygens (including phenoxy) is 1. The van der Waals surface area contributed by atoms with Gasteiger partial charge in [-0.25, -0.2) is 9.78 Å². The van der Waals surface area contributed by atoms with Crippen LogP contribution in [0.2, 0.25) is 0 Å². The van der Waals surface area contributed by atoms with Crippen LogP contribution in [-0.4, -0.2) is 27.8 Å². The van der Waals surface area contributed by atoms with Crippen molar-refractivity contribution in [3.8, 4) is 11.5 Å². The first-order valence-corrected chi connectivity index (χ1v) is 8.32. The van der Waals surface area contributed by atoms with Gasteiger partial charge in [0.15, 0.2) is 17.1 Å². The molecular formula is C18H15NO5S. The Morgan fingerprint density at radius 1 is 1.32 bits per heavy atom. The molecule has 0 aliphatic heterocycles. The Bertz CT molecular complexity index is 915. The number of carboxylic acids is 1. The maximum Gasteiger partial charge on any atom is 0.342 e. The predicted molar refractivity (Wildman–Crippen MR) is 94.8 cm³/mol. The van der Waals surface area contributed by atoms with Crippen LogP contribution in [0.4, 0.5) is 0 Å². The summed E-state index contributed by atoms with van der Waals surface area (Å²) in [5.41, 5.74) is 1.85. The van der Waals surface area contributed by atoms with Crippen molar-refractivity contribution in [3.63, 3.8) is 0 Å². The van der Waals surface area contributed by atoms with Crippen molar-refractivity contribution in [1.29, 1.82) is 0 Å². The molecule has 0 amide bonds. The minimum absolute atomic E-state index is 0.00230. The van der Waals surface area contributed by atoms with Gasteiger partial charge in [-0.15, -0.1) is 0 Å². The third-order valence-electron chi connectivity index (χ3n) is 3.26. The average Bonchev–Trinajstić information content (AvgIpc) is 2.99. The molecule has 25 heavy (non-hydrogen) atoms. The minimum atomic E-state index is -1.10. The zero-order chi connectivity index (χ0) is 17.8. The van der Waals surface area contributed by atoms with Crippen molar-refractivity contribution >= 4 is 34.9 Å². The number of aliphatic carboxylic acids is 1. The number of hydrogen-bond donors (Lipinski definition) is 2. The molecule has 0 spiro atoms. The van der Waals surface area contributed by atoms with Crippen LogP contribution in [0.1, 0.15) is 12.5 Å². The molecule has 0 unspecified atom stereocenters. The lowest BCUT2D eigenvalue weighted by Crippen LogP contribution is -1.97. The fraction of sp³-hybridized carbons (Fsp3) is 0.111. The summed E-state index contributed by atoms with van der Waals surface area (Å²) in [6, 6.07) is 11.9. The van der Waals surface area contributed by atoms with Gasteiger partial charge in [0.25, 0.3) is 5.22 Å². The standard InChI is InChI=1S/C18H15NO5S/c1-2-23-15-9-11(7-8-13(15)20)10-16(17(21)22)25-18-19-12-5-3-4-6-14(12)24-18/h3-10,20H,2H2,1H3,(H,21,22)/b16-10-. The summed E-state index contributed by atoms with van der Waals surface area (Å²) in [4.78, 5) is 15.9. The first-order valence-electron chi connectivity index (χ1n) is 7.51. The maximum atomic E-state index is 11.6. The molecule has 6 nitrogen and oxygen atoms in total. The maximum absolute atomic E-state index is 11.6. The fourth-order valence-electron chi connectivity index (χ4n) is 2.17. The number of nitrogens with zero attached hydrogens (tertiary/aromatic N) is 1. The number of oxazole rings is 1. The molecule has 0 radical (unpaired) electrons. The summed E-state index contributed by atoms with van der Waals surface area (Å²) in [7, 11) is 0. The Morgan fingerprint density at radius 3 is 2.84 bits per heavy atom. The van der Waals surface area contributed by atoms with Crippen LogP contribution in [-0.2, 0) is 4.79 Å². The van der Waals surface area contributed by atoms with Gasteiger partial charge in [-0.05, 0) is 54.6 Å². The van der Waals surface area contributed by atoms with Gasteiger partial charge in [0.2, 0.25) is 0 Å². The SMILES string of the molecule is CCOc1cc(/C=C(\Sc2nc3ccccc3o2)C(=O)O)ccc1O. The molecule has 0 atom stereocenters. The second kappa shape index (κ2) is 7.31. The van der Waals surface area contributed by atoms with Crippen LogP contribution in [0.5, 0.6) is 11.5 Å². The number of carboxylic acid groups (broad SMARTS) is 1. The molecule has 2 aromatic carbocycles. The summed E-state index contributed by atoms with van der Waals surface area (Å²) in [5, 5.41) is 19.4. The smallest absolute Gasteiger partial charge is 0.342 e. The molecule has 0 fully saturated rings. The number of hydrogen-bond acceptors (Lipinski definition) is 6. The highest BCUT2D eigenvalue weighted by molar-refractivity contribution is 8.03. The Labute approximate surface area is 147 Å². The molecule has 2 N–H and O–H groups in total. The van der Waals surface area contributed by atoms with Crippen molar-refractivity contribution in [1.82, 2.24) is 4.98 Å². The number of carbonyl (C=O) groups is 1. The zero-order valence-electron chi connectivity index (χ0n) is 13.3. The number of fused-ring (bicyclic) bond motifs is 1. The lowest BCUT2D eigenvalue weighted by molar-refractivity contribution is -0.131. The first-order chi connectivity index (χ1) is 12.1. The largest absolute Gasteiger partial charge is 0.504 e. The molecule has 0 aliphatic rings. The number of phenols is 1. The number of aromatic nitrogens is 1. The van der Waals surface area contributed by atoms with E-state index in [0.717, 1.165) is 11.8 Å². The van der Waals surface area contributed by atoms with Crippen LogP contribution >= 0.6 is 11.8 Å². The van der Waals surface area contributed by atoms with E-state index >= 15 is 0 Å². The van der Waals surface area contributed by atoms with E-state index in [2.05, 4.69) is 4.98 Å². The second-order valence-electron chi connectivity index (χ2n) is 5.02. The number of aromatic hydroxyl groups is 1. The Morgan fingerprint density at radius 2 is 2.12 bits per heavy atom. The molecular weight excluding hydrogens is 342 g/mol. The van der Waals surface area contributed by atoms with Gasteiger partial charge >= 0.3 is 5.97 Å². The van der Waals surface area contributed by atoms with Gasteiger partial charge in [-0.3, -0.25) is 0 Å². The van der Waals surface area contributed by atoms with Gasteiger partial charge in [0.05, 0.1) is 6.61 Å². The lowest BCUT2D eigenvalue weighted by atomic mass is 10.2. The quantitative estimate of drug-likeness (QED) is 0.505. The van der Waals surface area contributed by atoms with Crippen LogP contribution in [0.3, 0.4) is 0 Å². The van der Waals surface area contributed by atoms with Crippen LogP contribution in [0, 0.1) is 0 Å². The van der Waals surface area contributed by atoms with Crippen molar-refractivity contribution in [2.45, 2.75) is 12.1 Å². The first kappa shape index (κ1) is 16.9. The van der Waals surface area contributed by atoms with E-state index in [0.29, 0.717) is 29.0 Å². The fourth-order valence-corrected chi connectivity index (χ4v) is 2.91. The number of rotatable bonds is 6. The topological polar surface area (TPSA) is 92.8 Å². The summed E-state index contributed by atoms with van der Waals surface area (Å²) in [6.45, 7) is 2.19. The normalized spacial score (nSPS) is 11.6. The number of para-hydroxylation sites is 2.